The van der Waals surface area contributed by atoms with Crippen LogP contribution in [0.3, 0.4) is 0 Å². The minimum Gasteiger partial charge on any atom is -0.489 e. The predicted molar refractivity (Wildman–Crippen MR) is 98.9 cm³/mol. The topological polar surface area (TPSA) is 56.2 Å². The number of aromatic nitrogens is 2. The van der Waals surface area contributed by atoms with Gasteiger partial charge < -0.3 is 10.1 Å². The second-order valence-electron chi connectivity index (χ2n) is 5.82. The summed E-state index contributed by atoms with van der Waals surface area (Å²) < 4.78 is 20.4. The first-order chi connectivity index (χ1) is 12.6. The maximum Gasteiger partial charge on any atom is 0.261 e. The number of hydrogen-bond donors (Lipinski definition) is 1. The lowest BCUT2D eigenvalue weighted by Crippen LogP contribution is -2.22. The predicted octanol–water partition coefficient (Wildman–Crippen LogP) is 3.92. The van der Waals surface area contributed by atoms with Gasteiger partial charge in [0.1, 0.15) is 18.2 Å². The van der Waals surface area contributed by atoms with Gasteiger partial charge in [0.25, 0.3) is 5.91 Å². The molecule has 0 atom stereocenters. The van der Waals surface area contributed by atoms with Gasteiger partial charge in [0, 0.05) is 29.9 Å². The van der Waals surface area contributed by atoms with E-state index in [1.54, 1.807) is 18.3 Å². The van der Waals surface area contributed by atoms with Gasteiger partial charge in [-0.25, -0.2) is 4.39 Å². The summed E-state index contributed by atoms with van der Waals surface area (Å²) in [6.45, 7) is 5.61. The Morgan fingerprint density at radius 2 is 2.12 bits per heavy atom. The molecule has 0 aliphatic rings. The molecule has 1 aromatic carbocycles. The Labute approximate surface area is 155 Å². The number of carbonyl (C=O) groups excluding carboxylic acids is 1. The van der Waals surface area contributed by atoms with Gasteiger partial charge in [-0.05, 0) is 49.6 Å². The molecular formula is C19H20FN3O2S. The summed E-state index contributed by atoms with van der Waals surface area (Å²) in [6, 6.07) is 7.67. The van der Waals surface area contributed by atoms with Crippen molar-refractivity contribution in [3.05, 3.63) is 69.4 Å². The average Bonchev–Trinajstić information content (AvgIpc) is 3.26. The SMILES string of the molecule is CCn1ncc(CNC(=O)c2cc(COc3ccc(F)cc3)cs2)c1C. The van der Waals surface area contributed by atoms with Crippen molar-refractivity contribution >= 4 is 17.2 Å². The van der Waals surface area contributed by atoms with Crippen LogP contribution >= 0.6 is 11.3 Å². The first kappa shape index (κ1) is 18.1. The highest BCUT2D eigenvalue weighted by Gasteiger charge is 2.11. The third-order valence-electron chi connectivity index (χ3n) is 4.04. The number of nitrogens with one attached hydrogen (secondary N) is 1. The number of carbonyl (C=O) groups is 1. The van der Waals surface area contributed by atoms with Gasteiger partial charge in [0.05, 0.1) is 11.1 Å². The van der Waals surface area contributed by atoms with Crippen molar-refractivity contribution in [2.75, 3.05) is 0 Å². The number of ether oxygens (including phenoxy) is 1. The highest BCUT2D eigenvalue weighted by molar-refractivity contribution is 7.12. The summed E-state index contributed by atoms with van der Waals surface area (Å²) >= 11 is 1.37. The number of rotatable bonds is 7. The lowest BCUT2D eigenvalue weighted by atomic mass is 10.2. The second-order valence-corrected chi connectivity index (χ2v) is 6.73. The normalized spacial score (nSPS) is 10.7. The Bertz CT molecular complexity index is 887. The van der Waals surface area contributed by atoms with E-state index in [0.717, 1.165) is 23.4 Å². The maximum atomic E-state index is 12.9. The zero-order chi connectivity index (χ0) is 18.5. The number of aryl methyl sites for hydroxylation is 1. The van der Waals surface area contributed by atoms with Crippen molar-refractivity contribution in [3.8, 4) is 5.75 Å². The van der Waals surface area contributed by atoms with Crippen molar-refractivity contribution in [1.82, 2.24) is 15.1 Å². The van der Waals surface area contributed by atoms with Crippen molar-refractivity contribution in [1.29, 1.82) is 0 Å². The minimum absolute atomic E-state index is 0.119. The van der Waals surface area contributed by atoms with Gasteiger partial charge in [-0.2, -0.15) is 5.10 Å². The van der Waals surface area contributed by atoms with Crippen LogP contribution < -0.4 is 10.1 Å². The van der Waals surface area contributed by atoms with E-state index < -0.39 is 0 Å². The van der Waals surface area contributed by atoms with Crippen molar-refractivity contribution in [2.24, 2.45) is 0 Å². The minimum atomic E-state index is -0.299. The molecule has 3 aromatic rings. The summed E-state index contributed by atoms with van der Waals surface area (Å²) in [4.78, 5) is 12.9. The molecule has 0 bridgehead atoms. The maximum absolute atomic E-state index is 12.9. The van der Waals surface area contributed by atoms with Crippen LogP contribution in [0.5, 0.6) is 5.75 Å². The molecule has 0 saturated heterocycles. The van der Waals surface area contributed by atoms with Crippen LogP contribution in [0.4, 0.5) is 4.39 Å². The Hall–Kier alpha value is -2.67. The van der Waals surface area contributed by atoms with Crippen LogP contribution in [0, 0.1) is 12.7 Å². The van der Waals surface area contributed by atoms with E-state index in [9.17, 15) is 9.18 Å². The highest BCUT2D eigenvalue weighted by Crippen LogP contribution is 2.18. The van der Waals surface area contributed by atoms with Gasteiger partial charge in [0.15, 0.2) is 0 Å². The van der Waals surface area contributed by atoms with E-state index in [0.29, 0.717) is 23.8 Å². The molecule has 5 nitrogen and oxygen atoms in total. The largest absolute Gasteiger partial charge is 0.489 e. The lowest BCUT2D eigenvalue weighted by molar-refractivity contribution is 0.0955. The molecule has 7 heteroatoms. The summed E-state index contributed by atoms with van der Waals surface area (Å²) in [7, 11) is 0. The van der Waals surface area contributed by atoms with Gasteiger partial charge in [0.2, 0.25) is 0 Å². The third-order valence-corrected chi connectivity index (χ3v) is 5.02. The van der Waals surface area contributed by atoms with Crippen LogP contribution in [0.25, 0.3) is 0 Å². The van der Waals surface area contributed by atoms with Gasteiger partial charge in [-0.3, -0.25) is 9.48 Å². The zero-order valence-electron chi connectivity index (χ0n) is 14.7. The standard InChI is InChI=1S/C19H20FN3O2S/c1-3-23-13(2)15(10-22-23)9-21-19(24)18-8-14(12-26-18)11-25-17-6-4-16(20)5-7-17/h4-8,10,12H,3,9,11H2,1-2H3,(H,21,24). The van der Waals surface area contributed by atoms with Crippen LogP contribution in [0.1, 0.15) is 33.4 Å². The van der Waals surface area contributed by atoms with Crippen molar-refractivity contribution < 1.29 is 13.9 Å². The fourth-order valence-electron chi connectivity index (χ4n) is 2.51. The van der Waals surface area contributed by atoms with E-state index in [-0.39, 0.29) is 11.7 Å². The van der Waals surface area contributed by atoms with Crippen LogP contribution in [0.2, 0.25) is 0 Å². The summed E-state index contributed by atoms with van der Waals surface area (Å²) in [5.74, 6) is 0.172. The molecule has 0 aliphatic heterocycles. The molecule has 0 saturated carbocycles. The number of amides is 1. The number of hydrogen-bond acceptors (Lipinski definition) is 4. The quantitative estimate of drug-likeness (QED) is 0.683. The first-order valence-electron chi connectivity index (χ1n) is 8.32. The van der Waals surface area contributed by atoms with Crippen LogP contribution in [-0.2, 0) is 19.7 Å². The number of benzene rings is 1. The lowest BCUT2D eigenvalue weighted by Gasteiger charge is -2.05. The first-order valence-corrected chi connectivity index (χ1v) is 9.20. The number of nitrogens with zero attached hydrogens (tertiary/aromatic N) is 2. The van der Waals surface area contributed by atoms with E-state index in [1.165, 1.54) is 23.5 Å². The monoisotopic (exact) mass is 373 g/mol. The molecule has 136 valence electrons. The molecule has 2 heterocycles. The molecule has 0 aliphatic carbocycles. The Morgan fingerprint density at radius 3 is 2.81 bits per heavy atom. The zero-order valence-corrected chi connectivity index (χ0v) is 15.5. The Balaban J connectivity index is 1.54. The van der Waals surface area contributed by atoms with Crippen LogP contribution in [0.15, 0.2) is 41.9 Å². The number of thiophene rings is 1. The molecule has 1 N–H and O–H groups in total. The number of halogens is 1. The van der Waals surface area contributed by atoms with Gasteiger partial charge in [-0.15, -0.1) is 11.3 Å². The molecule has 2 aromatic heterocycles. The Morgan fingerprint density at radius 1 is 1.35 bits per heavy atom. The average molecular weight is 373 g/mol. The summed E-state index contributed by atoms with van der Waals surface area (Å²) in [5, 5.41) is 9.09. The van der Waals surface area contributed by atoms with Crippen molar-refractivity contribution in [2.45, 2.75) is 33.5 Å². The molecule has 1 amide bonds. The smallest absolute Gasteiger partial charge is 0.261 e. The summed E-state index contributed by atoms with van der Waals surface area (Å²) in [5.41, 5.74) is 2.98. The molecule has 0 radical (unpaired) electrons. The van der Waals surface area contributed by atoms with E-state index >= 15 is 0 Å². The second kappa shape index (κ2) is 8.14. The molecule has 26 heavy (non-hydrogen) atoms. The van der Waals surface area contributed by atoms with Crippen molar-refractivity contribution in [3.63, 3.8) is 0 Å². The molecule has 0 fully saturated rings. The molecular weight excluding hydrogens is 353 g/mol. The molecule has 0 unspecified atom stereocenters. The van der Waals surface area contributed by atoms with Gasteiger partial charge in [-0.1, -0.05) is 0 Å². The van der Waals surface area contributed by atoms with Crippen LogP contribution in [-0.4, -0.2) is 15.7 Å². The highest BCUT2D eigenvalue weighted by atomic mass is 32.1. The molecule has 3 rings (SSSR count). The summed E-state index contributed by atoms with van der Waals surface area (Å²) in [6.07, 6.45) is 1.79. The third kappa shape index (κ3) is 4.29. The Kier molecular flexibility index (Phi) is 5.68. The van der Waals surface area contributed by atoms with E-state index in [4.69, 9.17) is 4.74 Å². The fraction of sp³-hybridized carbons (Fsp3) is 0.263. The van der Waals surface area contributed by atoms with Gasteiger partial charge >= 0.3 is 0 Å². The molecule has 0 spiro atoms. The van der Waals surface area contributed by atoms with E-state index in [1.807, 2.05) is 30.0 Å². The van der Waals surface area contributed by atoms with E-state index in [2.05, 4.69) is 10.4 Å². The fourth-order valence-corrected chi connectivity index (χ4v) is 3.32.